The maximum Gasteiger partial charge on any atom is 0.264 e. The van der Waals surface area contributed by atoms with E-state index >= 15 is 0 Å². The minimum absolute atomic E-state index is 0.157. The van der Waals surface area contributed by atoms with Crippen LogP contribution in [-0.2, 0) is 0 Å². The maximum absolute atomic E-state index is 12.4. The molecule has 3 rings (SSSR count). The molecule has 0 unspecified atom stereocenters. The molecule has 1 aromatic carbocycles. The SMILES string of the molecule is Cc1ccc(C(=O)N2CCN(c3ccc(N)cc3)CC2)s1. The van der Waals surface area contributed by atoms with Gasteiger partial charge in [0.1, 0.15) is 0 Å². The summed E-state index contributed by atoms with van der Waals surface area (Å²) in [6.45, 7) is 5.28. The largest absolute Gasteiger partial charge is 0.399 e. The number of aryl methyl sites for hydroxylation is 1. The van der Waals surface area contributed by atoms with E-state index in [-0.39, 0.29) is 5.91 Å². The number of nitrogens with zero attached hydrogens (tertiary/aromatic N) is 2. The lowest BCUT2D eigenvalue weighted by molar-refractivity contribution is 0.0751. The Kier molecular flexibility index (Phi) is 3.84. The van der Waals surface area contributed by atoms with Gasteiger partial charge in [-0.15, -0.1) is 11.3 Å². The van der Waals surface area contributed by atoms with Gasteiger partial charge in [0.05, 0.1) is 4.88 Å². The number of nitrogens with two attached hydrogens (primary N) is 1. The second-order valence-electron chi connectivity index (χ2n) is 5.28. The third kappa shape index (κ3) is 3.03. The molecular formula is C16H19N3OS. The summed E-state index contributed by atoms with van der Waals surface area (Å²) in [6, 6.07) is 11.8. The predicted molar refractivity (Wildman–Crippen MR) is 88.0 cm³/mol. The van der Waals surface area contributed by atoms with Crippen molar-refractivity contribution in [3.05, 3.63) is 46.2 Å². The lowest BCUT2D eigenvalue weighted by atomic mass is 10.2. The fourth-order valence-electron chi connectivity index (χ4n) is 2.56. The van der Waals surface area contributed by atoms with Gasteiger partial charge in [-0.25, -0.2) is 0 Å². The van der Waals surface area contributed by atoms with Gasteiger partial charge < -0.3 is 15.5 Å². The van der Waals surface area contributed by atoms with Crippen molar-refractivity contribution >= 4 is 28.6 Å². The van der Waals surface area contributed by atoms with E-state index in [0.717, 1.165) is 36.7 Å². The number of benzene rings is 1. The van der Waals surface area contributed by atoms with E-state index in [1.54, 1.807) is 11.3 Å². The van der Waals surface area contributed by atoms with Crippen LogP contribution in [0.2, 0.25) is 0 Å². The zero-order valence-electron chi connectivity index (χ0n) is 12.1. The van der Waals surface area contributed by atoms with Gasteiger partial charge in [-0.2, -0.15) is 0 Å². The van der Waals surface area contributed by atoms with E-state index in [1.807, 2.05) is 48.2 Å². The molecule has 110 valence electrons. The molecule has 1 aliphatic rings. The Morgan fingerprint density at radius 2 is 1.71 bits per heavy atom. The summed E-state index contributed by atoms with van der Waals surface area (Å²) in [6.07, 6.45) is 0. The van der Waals surface area contributed by atoms with Crippen LogP contribution in [0, 0.1) is 6.92 Å². The van der Waals surface area contributed by atoms with Crippen molar-refractivity contribution in [2.24, 2.45) is 0 Å². The minimum atomic E-state index is 0.157. The van der Waals surface area contributed by atoms with E-state index in [2.05, 4.69) is 4.90 Å². The summed E-state index contributed by atoms with van der Waals surface area (Å²) in [5, 5.41) is 0. The molecule has 5 heteroatoms. The van der Waals surface area contributed by atoms with E-state index in [4.69, 9.17) is 5.73 Å². The predicted octanol–water partition coefficient (Wildman–Crippen LogP) is 2.60. The second-order valence-corrected chi connectivity index (χ2v) is 6.57. The lowest BCUT2D eigenvalue weighted by Crippen LogP contribution is -2.48. The number of nitrogen functional groups attached to an aromatic ring is 1. The van der Waals surface area contributed by atoms with Crippen molar-refractivity contribution in [1.82, 2.24) is 4.90 Å². The van der Waals surface area contributed by atoms with Gasteiger partial charge in [0.2, 0.25) is 0 Å². The first kappa shape index (κ1) is 13.9. The van der Waals surface area contributed by atoms with Crippen molar-refractivity contribution in [3.63, 3.8) is 0 Å². The van der Waals surface area contributed by atoms with Gasteiger partial charge >= 0.3 is 0 Å². The number of hydrogen-bond acceptors (Lipinski definition) is 4. The van der Waals surface area contributed by atoms with Gasteiger partial charge in [-0.05, 0) is 43.3 Å². The number of anilines is 2. The minimum Gasteiger partial charge on any atom is -0.399 e. The number of thiophene rings is 1. The monoisotopic (exact) mass is 301 g/mol. The second kappa shape index (κ2) is 5.77. The maximum atomic E-state index is 12.4. The molecule has 2 aromatic rings. The Labute approximate surface area is 128 Å². The number of carbonyl (C=O) groups excluding carboxylic acids is 1. The van der Waals surface area contributed by atoms with Crippen LogP contribution < -0.4 is 10.6 Å². The highest BCUT2D eigenvalue weighted by molar-refractivity contribution is 7.13. The number of carbonyl (C=O) groups is 1. The van der Waals surface area contributed by atoms with Gasteiger partial charge in [0.25, 0.3) is 5.91 Å². The Morgan fingerprint density at radius 1 is 1.05 bits per heavy atom. The Morgan fingerprint density at radius 3 is 2.29 bits per heavy atom. The zero-order valence-corrected chi connectivity index (χ0v) is 12.9. The summed E-state index contributed by atoms with van der Waals surface area (Å²) < 4.78 is 0. The molecule has 2 heterocycles. The van der Waals surface area contributed by atoms with E-state index in [0.29, 0.717) is 0 Å². The standard InChI is InChI=1S/C16H19N3OS/c1-12-2-7-15(21-12)16(20)19-10-8-18(9-11-19)14-5-3-13(17)4-6-14/h2-7H,8-11,17H2,1H3. The molecule has 4 nitrogen and oxygen atoms in total. The van der Waals surface area contributed by atoms with Crippen LogP contribution in [0.1, 0.15) is 14.5 Å². The molecule has 0 radical (unpaired) electrons. The molecule has 1 aromatic heterocycles. The molecule has 0 bridgehead atoms. The van der Waals surface area contributed by atoms with E-state index < -0.39 is 0 Å². The summed E-state index contributed by atoms with van der Waals surface area (Å²) >= 11 is 1.57. The molecular weight excluding hydrogens is 282 g/mol. The number of piperazine rings is 1. The van der Waals surface area contributed by atoms with Crippen LogP contribution in [0.15, 0.2) is 36.4 Å². The lowest BCUT2D eigenvalue weighted by Gasteiger charge is -2.36. The Hall–Kier alpha value is -2.01. The fraction of sp³-hybridized carbons (Fsp3) is 0.312. The third-order valence-corrected chi connectivity index (χ3v) is 4.76. The summed E-state index contributed by atoms with van der Waals surface area (Å²) in [5.74, 6) is 0.157. The first-order chi connectivity index (χ1) is 10.1. The third-order valence-electron chi connectivity index (χ3n) is 3.78. The summed E-state index contributed by atoms with van der Waals surface area (Å²) in [4.78, 5) is 18.7. The molecule has 2 N–H and O–H groups in total. The summed E-state index contributed by atoms with van der Waals surface area (Å²) in [7, 11) is 0. The van der Waals surface area contributed by atoms with Crippen molar-refractivity contribution < 1.29 is 4.79 Å². The first-order valence-electron chi connectivity index (χ1n) is 7.10. The van der Waals surface area contributed by atoms with E-state index in [9.17, 15) is 4.79 Å². The van der Waals surface area contributed by atoms with Crippen LogP contribution in [-0.4, -0.2) is 37.0 Å². The first-order valence-corrected chi connectivity index (χ1v) is 7.91. The molecule has 1 saturated heterocycles. The highest BCUT2D eigenvalue weighted by Gasteiger charge is 2.23. The molecule has 0 atom stereocenters. The van der Waals surface area contributed by atoms with Crippen molar-refractivity contribution in [2.75, 3.05) is 36.8 Å². The van der Waals surface area contributed by atoms with Gasteiger partial charge in [-0.1, -0.05) is 0 Å². The smallest absolute Gasteiger partial charge is 0.264 e. The summed E-state index contributed by atoms with van der Waals surface area (Å²) in [5.41, 5.74) is 7.66. The van der Waals surface area contributed by atoms with Crippen molar-refractivity contribution in [3.8, 4) is 0 Å². The molecule has 1 amide bonds. The quantitative estimate of drug-likeness (QED) is 0.868. The molecule has 0 saturated carbocycles. The highest BCUT2D eigenvalue weighted by Crippen LogP contribution is 2.21. The van der Waals surface area contributed by atoms with Crippen molar-refractivity contribution in [1.29, 1.82) is 0 Å². The van der Waals surface area contributed by atoms with Crippen LogP contribution in [0.3, 0.4) is 0 Å². The zero-order chi connectivity index (χ0) is 14.8. The molecule has 0 spiro atoms. The topological polar surface area (TPSA) is 49.6 Å². The highest BCUT2D eigenvalue weighted by atomic mass is 32.1. The van der Waals surface area contributed by atoms with Crippen LogP contribution >= 0.6 is 11.3 Å². The Balaban J connectivity index is 1.62. The van der Waals surface area contributed by atoms with Crippen LogP contribution in [0.25, 0.3) is 0 Å². The molecule has 21 heavy (non-hydrogen) atoms. The number of amides is 1. The molecule has 1 aliphatic heterocycles. The fourth-order valence-corrected chi connectivity index (χ4v) is 3.39. The van der Waals surface area contributed by atoms with Crippen molar-refractivity contribution in [2.45, 2.75) is 6.92 Å². The van der Waals surface area contributed by atoms with E-state index in [1.165, 1.54) is 10.6 Å². The van der Waals surface area contributed by atoms with Gasteiger partial charge in [-0.3, -0.25) is 4.79 Å². The van der Waals surface area contributed by atoms with Crippen LogP contribution in [0.4, 0.5) is 11.4 Å². The molecule has 0 aliphatic carbocycles. The van der Waals surface area contributed by atoms with Gasteiger partial charge in [0.15, 0.2) is 0 Å². The van der Waals surface area contributed by atoms with Crippen LogP contribution in [0.5, 0.6) is 0 Å². The number of rotatable bonds is 2. The average molecular weight is 301 g/mol. The van der Waals surface area contributed by atoms with Gasteiger partial charge in [0, 0.05) is 42.4 Å². The normalized spacial score (nSPS) is 15.3. The molecule has 1 fully saturated rings. The Bertz CT molecular complexity index is 627. The number of hydrogen-bond donors (Lipinski definition) is 1. The average Bonchev–Trinajstić information content (AvgIpc) is 2.94.